The minimum Gasteiger partial charge on any atom is -0.494 e. The molecule has 0 radical (unpaired) electrons. The number of rotatable bonds is 9. The topological polar surface area (TPSA) is 53.7 Å². The Morgan fingerprint density at radius 2 is 2.00 bits per heavy atom. The third kappa shape index (κ3) is 6.00. The molecule has 108 valence electrons. The quantitative estimate of drug-likeness (QED) is 0.695. The maximum absolute atomic E-state index is 13.5. The molecule has 0 saturated heterocycles. The van der Waals surface area contributed by atoms with Gasteiger partial charge in [0.15, 0.2) is 11.6 Å². The molecule has 0 aliphatic carbocycles. The van der Waals surface area contributed by atoms with Gasteiger partial charge < -0.3 is 19.9 Å². The molecule has 0 bridgehead atoms. The molecule has 19 heavy (non-hydrogen) atoms. The number of nitrogens with two attached hydrogens (primary N) is 1. The van der Waals surface area contributed by atoms with Crippen LogP contribution >= 0.6 is 0 Å². The first-order chi connectivity index (χ1) is 9.17. The Morgan fingerprint density at radius 1 is 1.21 bits per heavy atom. The molecule has 0 saturated carbocycles. The fourth-order valence-electron chi connectivity index (χ4n) is 1.72. The normalized spacial score (nSPS) is 12.4. The van der Waals surface area contributed by atoms with Gasteiger partial charge in [-0.3, -0.25) is 0 Å². The van der Waals surface area contributed by atoms with E-state index in [2.05, 4.69) is 0 Å². The summed E-state index contributed by atoms with van der Waals surface area (Å²) in [7, 11) is 3.08. The van der Waals surface area contributed by atoms with Gasteiger partial charge in [-0.25, -0.2) is 4.39 Å². The van der Waals surface area contributed by atoms with Gasteiger partial charge in [-0.1, -0.05) is 6.07 Å². The van der Waals surface area contributed by atoms with E-state index in [1.807, 2.05) is 6.07 Å². The van der Waals surface area contributed by atoms with Crippen LogP contribution in [0.25, 0.3) is 0 Å². The monoisotopic (exact) mass is 271 g/mol. The zero-order valence-corrected chi connectivity index (χ0v) is 11.5. The van der Waals surface area contributed by atoms with E-state index < -0.39 is 0 Å². The van der Waals surface area contributed by atoms with E-state index >= 15 is 0 Å². The highest BCUT2D eigenvalue weighted by Crippen LogP contribution is 2.18. The molecular formula is C14H22FNO3. The van der Waals surface area contributed by atoms with Gasteiger partial charge >= 0.3 is 0 Å². The summed E-state index contributed by atoms with van der Waals surface area (Å²) < 4.78 is 28.6. The van der Waals surface area contributed by atoms with Crippen molar-refractivity contribution in [1.82, 2.24) is 0 Å². The van der Waals surface area contributed by atoms with Gasteiger partial charge in [0, 0.05) is 19.8 Å². The Morgan fingerprint density at radius 3 is 2.63 bits per heavy atom. The summed E-state index contributed by atoms with van der Waals surface area (Å²) in [6.45, 7) is 1.74. The molecule has 2 N–H and O–H groups in total. The SMILES string of the molecule is COCCOCCC(N)Cc1ccc(OC)c(F)c1. The fraction of sp³-hybridized carbons (Fsp3) is 0.571. The number of hydrogen-bond acceptors (Lipinski definition) is 4. The summed E-state index contributed by atoms with van der Waals surface area (Å²) in [5, 5.41) is 0. The highest BCUT2D eigenvalue weighted by molar-refractivity contribution is 5.29. The van der Waals surface area contributed by atoms with Crippen LogP contribution in [0.5, 0.6) is 5.75 Å². The van der Waals surface area contributed by atoms with Gasteiger partial charge in [0.25, 0.3) is 0 Å². The van der Waals surface area contributed by atoms with Crippen molar-refractivity contribution in [2.45, 2.75) is 18.9 Å². The Balaban J connectivity index is 2.31. The molecule has 4 nitrogen and oxygen atoms in total. The zero-order chi connectivity index (χ0) is 14.1. The molecule has 0 aromatic heterocycles. The molecule has 0 aliphatic rings. The van der Waals surface area contributed by atoms with Crippen LogP contribution in [0.2, 0.25) is 0 Å². The lowest BCUT2D eigenvalue weighted by Crippen LogP contribution is -2.25. The predicted molar refractivity (Wildman–Crippen MR) is 71.9 cm³/mol. The molecule has 0 fully saturated rings. The zero-order valence-electron chi connectivity index (χ0n) is 11.5. The summed E-state index contributed by atoms with van der Waals surface area (Å²) in [4.78, 5) is 0. The number of benzene rings is 1. The van der Waals surface area contributed by atoms with Crippen molar-refractivity contribution in [2.75, 3.05) is 34.0 Å². The standard InChI is InChI=1S/C14H22FNO3/c1-17-7-8-19-6-5-12(16)9-11-3-4-14(18-2)13(15)10-11/h3-4,10,12H,5-9,16H2,1-2H3. The Hall–Kier alpha value is -1.17. The van der Waals surface area contributed by atoms with Crippen molar-refractivity contribution >= 4 is 0 Å². The summed E-state index contributed by atoms with van der Waals surface area (Å²) >= 11 is 0. The molecule has 0 aliphatic heterocycles. The third-order valence-corrected chi connectivity index (χ3v) is 2.78. The second-order valence-corrected chi connectivity index (χ2v) is 4.33. The van der Waals surface area contributed by atoms with Crippen molar-refractivity contribution in [1.29, 1.82) is 0 Å². The Labute approximate surface area is 113 Å². The molecule has 1 rings (SSSR count). The van der Waals surface area contributed by atoms with Gasteiger partial charge in [-0.05, 0) is 30.5 Å². The number of methoxy groups -OCH3 is 2. The average Bonchev–Trinajstić information content (AvgIpc) is 2.39. The maximum atomic E-state index is 13.5. The lowest BCUT2D eigenvalue weighted by molar-refractivity contribution is 0.0672. The minimum absolute atomic E-state index is 0.0460. The van der Waals surface area contributed by atoms with Crippen LogP contribution in [0.3, 0.4) is 0 Å². The third-order valence-electron chi connectivity index (χ3n) is 2.78. The molecule has 1 unspecified atom stereocenters. The second kappa shape index (κ2) is 8.85. The molecular weight excluding hydrogens is 249 g/mol. The van der Waals surface area contributed by atoms with Gasteiger partial charge in [0.2, 0.25) is 0 Å². The van der Waals surface area contributed by atoms with E-state index in [0.29, 0.717) is 26.2 Å². The van der Waals surface area contributed by atoms with E-state index in [0.717, 1.165) is 12.0 Å². The van der Waals surface area contributed by atoms with Gasteiger partial charge in [-0.15, -0.1) is 0 Å². The lowest BCUT2D eigenvalue weighted by Gasteiger charge is -2.12. The first kappa shape index (κ1) is 15.9. The van der Waals surface area contributed by atoms with Crippen molar-refractivity contribution in [3.05, 3.63) is 29.6 Å². The van der Waals surface area contributed by atoms with Crippen molar-refractivity contribution in [3.63, 3.8) is 0 Å². The number of halogens is 1. The minimum atomic E-state index is -0.358. The highest BCUT2D eigenvalue weighted by atomic mass is 19.1. The highest BCUT2D eigenvalue weighted by Gasteiger charge is 2.08. The maximum Gasteiger partial charge on any atom is 0.165 e. The largest absolute Gasteiger partial charge is 0.494 e. The van der Waals surface area contributed by atoms with E-state index in [9.17, 15) is 4.39 Å². The van der Waals surface area contributed by atoms with E-state index in [-0.39, 0.29) is 17.6 Å². The van der Waals surface area contributed by atoms with Gasteiger partial charge in [-0.2, -0.15) is 0 Å². The first-order valence-corrected chi connectivity index (χ1v) is 6.32. The summed E-state index contributed by atoms with van der Waals surface area (Å²) in [5.41, 5.74) is 6.84. The fourth-order valence-corrected chi connectivity index (χ4v) is 1.72. The van der Waals surface area contributed by atoms with Crippen LogP contribution in [0.15, 0.2) is 18.2 Å². The van der Waals surface area contributed by atoms with Crippen molar-refractivity contribution in [2.24, 2.45) is 5.73 Å². The van der Waals surface area contributed by atoms with Crippen LogP contribution in [0.4, 0.5) is 4.39 Å². The van der Waals surface area contributed by atoms with Crippen molar-refractivity contribution < 1.29 is 18.6 Å². The molecule has 1 atom stereocenters. The molecule has 0 heterocycles. The number of hydrogen-bond donors (Lipinski definition) is 1. The van der Waals surface area contributed by atoms with Crippen LogP contribution < -0.4 is 10.5 Å². The van der Waals surface area contributed by atoms with Gasteiger partial charge in [0.1, 0.15) is 0 Å². The second-order valence-electron chi connectivity index (χ2n) is 4.33. The predicted octanol–water partition coefficient (Wildman–Crippen LogP) is 1.76. The first-order valence-electron chi connectivity index (χ1n) is 6.32. The smallest absolute Gasteiger partial charge is 0.165 e. The van der Waals surface area contributed by atoms with E-state index in [1.54, 1.807) is 13.2 Å². The molecule has 1 aromatic rings. The van der Waals surface area contributed by atoms with E-state index in [4.69, 9.17) is 19.9 Å². The van der Waals surface area contributed by atoms with Crippen LogP contribution in [0.1, 0.15) is 12.0 Å². The lowest BCUT2D eigenvalue weighted by atomic mass is 10.0. The Bertz CT molecular complexity index is 374. The molecule has 0 spiro atoms. The molecule has 5 heteroatoms. The Kier molecular flexibility index (Phi) is 7.40. The van der Waals surface area contributed by atoms with E-state index in [1.165, 1.54) is 13.2 Å². The average molecular weight is 271 g/mol. The summed E-state index contributed by atoms with van der Waals surface area (Å²) in [5.74, 6) is -0.108. The summed E-state index contributed by atoms with van der Waals surface area (Å²) in [6.07, 6.45) is 1.35. The molecule has 0 amide bonds. The van der Waals surface area contributed by atoms with Crippen LogP contribution in [-0.2, 0) is 15.9 Å². The van der Waals surface area contributed by atoms with Crippen LogP contribution in [0, 0.1) is 5.82 Å². The summed E-state index contributed by atoms with van der Waals surface area (Å²) in [6, 6.07) is 4.86. The number of ether oxygens (including phenoxy) is 3. The van der Waals surface area contributed by atoms with Crippen molar-refractivity contribution in [3.8, 4) is 5.75 Å². The molecule has 1 aromatic carbocycles. The van der Waals surface area contributed by atoms with Gasteiger partial charge in [0.05, 0.1) is 20.3 Å². The van der Waals surface area contributed by atoms with Crippen LogP contribution in [-0.4, -0.2) is 40.1 Å².